The molecule has 0 saturated carbocycles. The topological polar surface area (TPSA) is 64.6 Å². The highest BCUT2D eigenvalue weighted by Gasteiger charge is 2.31. The molecule has 4 aromatic rings. The van der Waals surface area contributed by atoms with E-state index < -0.39 is 12.0 Å². The van der Waals surface area contributed by atoms with Crippen LogP contribution in [0.2, 0.25) is 0 Å². The van der Waals surface area contributed by atoms with Crippen molar-refractivity contribution < 1.29 is 9.84 Å². The molecule has 4 aromatic heterocycles. The van der Waals surface area contributed by atoms with Gasteiger partial charge in [-0.05, 0) is 85.6 Å². The number of aryl methyl sites for hydroxylation is 2. The van der Waals surface area contributed by atoms with Crippen LogP contribution in [0.15, 0.2) is 16.3 Å². The first-order valence-corrected chi connectivity index (χ1v) is 12.0. The van der Waals surface area contributed by atoms with Crippen molar-refractivity contribution in [3.8, 4) is 11.3 Å². The van der Waals surface area contributed by atoms with Crippen LogP contribution in [-0.2, 0) is 4.74 Å². The van der Waals surface area contributed by atoms with E-state index in [2.05, 4.69) is 60.6 Å². The van der Waals surface area contributed by atoms with Gasteiger partial charge in [-0.15, -0.1) is 11.3 Å². The molecular formula is C23H29BrN4O2S. The first-order chi connectivity index (χ1) is 14.4. The van der Waals surface area contributed by atoms with Gasteiger partial charge in [0.25, 0.3) is 0 Å². The van der Waals surface area contributed by atoms with Crippen LogP contribution in [0.3, 0.4) is 0 Å². The molecule has 1 atom stereocenters. The molecule has 0 aliphatic rings. The van der Waals surface area contributed by atoms with E-state index in [4.69, 9.17) is 4.74 Å². The van der Waals surface area contributed by atoms with Crippen molar-refractivity contribution in [2.75, 3.05) is 0 Å². The number of hydrogen-bond acceptors (Lipinski definition) is 5. The van der Waals surface area contributed by atoms with Gasteiger partial charge in [0.2, 0.25) is 6.41 Å². The molecule has 8 heteroatoms. The number of fused-ring (bicyclic) bond motifs is 2. The Labute approximate surface area is 195 Å². The predicted octanol–water partition coefficient (Wildman–Crippen LogP) is 6.49. The zero-order chi connectivity index (χ0) is 22.8. The molecule has 1 N–H and O–H groups in total. The van der Waals surface area contributed by atoms with Crippen LogP contribution in [0.1, 0.15) is 69.2 Å². The minimum atomic E-state index is -1.12. The maximum Gasteiger partial charge on any atom is 0.243 e. The molecule has 0 saturated heterocycles. The van der Waals surface area contributed by atoms with Crippen molar-refractivity contribution >= 4 is 43.1 Å². The minimum absolute atomic E-state index is 0.243. The Kier molecular flexibility index (Phi) is 5.57. The fourth-order valence-corrected chi connectivity index (χ4v) is 5.89. The average molecular weight is 505 g/mol. The SMILES string of the molecule is Cc1c(-c2c(C(C)C)c3c(C)c(Br)sc3n2C(O)OC(C)(C)C)cn2ncnc2c1C. The van der Waals surface area contributed by atoms with E-state index in [-0.39, 0.29) is 5.92 Å². The number of aliphatic hydroxyl groups is 1. The molecule has 4 heterocycles. The summed E-state index contributed by atoms with van der Waals surface area (Å²) in [5.74, 6) is 0.243. The van der Waals surface area contributed by atoms with Crippen LogP contribution in [0.4, 0.5) is 0 Å². The number of rotatable bonds is 4. The highest BCUT2D eigenvalue weighted by atomic mass is 79.9. The van der Waals surface area contributed by atoms with Gasteiger partial charge in [0, 0.05) is 17.1 Å². The van der Waals surface area contributed by atoms with Gasteiger partial charge in [0.05, 0.1) is 15.1 Å². The first kappa shape index (κ1) is 22.5. The fourth-order valence-electron chi connectivity index (χ4n) is 4.16. The smallest absolute Gasteiger partial charge is 0.243 e. The van der Waals surface area contributed by atoms with Crippen molar-refractivity contribution in [3.05, 3.63) is 38.6 Å². The molecule has 0 fully saturated rings. The second kappa shape index (κ2) is 7.69. The Morgan fingerprint density at radius 1 is 1.13 bits per heavy atom. The van der Waals surface area contributed by atoms with Gasteiger partial charge in [-0.25, -0.2) is 9.50 Å². The van der Waals surface area contributed by atoms with Crippen molar-refractivity contribution in [3.63, 3.8) is 0 Å². The van der Waals surface area contributed by atoms with E-state index >= 15 is 0 Å². The Hall–Kier alpha value is -1.74. The molecule has 0 bridgehead atoms. The van der Waals surface area contributed by atoms with Crippen molar-refractivity contribution in [1.29, 1.82) is 0 Å². The van der Waals surface area contributed by atoms with Crippen LogP contribution >= 0.6 is 27.3 Å². The summed E-state index contributed by atoms with van der Waals surface area (Å²) in [6, 6.07) is 0. The Morgan fingerprint density at radius 2 is 1.81 bits per heavy atom. The molecule has 31 heavy (non-hydrogen) atoms. The van der Waals surface area contributed by atoms with Gasteiger partial charge < -0.3 is 9.84 Å². The third-order valence-electron chi connectivity index (χ3n) is 5.69. The van der Waals surface area contributed by atoms with Gasteiger partial charge in [-0.2, -0.15) is 5.10 Å². The lowest BCUT2D eigenvalue weighted by molar-refractivity contribution is -0.206. The number of thiophene rings is 1. The van der Waals surface area contributed by atoms with E-state index in [9.17, 15) is 5.11 Å². The van der Waals surface area contributed by atoms with Gasteiger partial charge in [-0.3, -0.25) is 4.57 Å². The maximum atomic E-state index is 11.3. The van der Waals surface area contributed by atoms with Crippen LogP contribution in [0.5, 0.6) is 0 Å². The van der Waals surface area contributed by atoms with E-state index in [0.717, 1.165) is 36.6 Å². The molecule has 0 radical (unpaired) electrons. The average Bonchev–Trinajstić information content (AvgIpc) is 3.31. The summed E-state index contributed by atoms with van der Waals surface area (Å²) < 4.78 is 10.9. The van der Waals surface area contributed by atoms with E-state index in [1.807, 2.05) is 36.1 Å². The molecule has 0 amide bonds. The summed E-state index contributed by atoms with van der Waals surface area (Å²) in [4.78, 5) is 5.40. The summed E-state index contributed by atoms with van der Waals surface area (Å²) in [7, 11) is 0. The first-order valence-electron chi connectivity index (χ1n) is 10.4. The van der Waals surface area contributed by atoms with Gasteiger partial charge in [0.1, 0.15) is 11.2 Å². The summed E-state index contributed by atoms with van der Waals surface area (Å²) in [6.07, 6.45) is 2.46. The number of aliphatic hydroxyl groups excluding tert-OH is 1. The standard InChI is InChI=1S/C23H29BrN4O2S/c1-11(2)16-17-14(5)19(24)31-21(17)28(22(29)30-23(6,7)8)18(16)15-9-27-20(25-10-26-27)13(4)12(15)3/h9-11,22,29H,1-8H3. The van der Waals surface area contributed by atoms with Crippen molar-refractivity contribution in [2.24, 2.45) is 0 Å². The molecule has 166 valence electrons. The molecule has 6 nitrogen and oxygen atoms in total. The Bertz CT molecular complexity index is 1290. The fraction of sp³-hybridized carbons (Fsp3) is 0.478. The van der Waals surface area contributed by atoms with E-state index in [0.29, 0.717) is 0 Å². The quantitative estimate of drug-likeness (QED) is 0.322. The van der Waals surface area contributed by atoms with Crippen LogP contribution < -0.4 is 0 Å². The molecule has 1 unspecified atom stereocenters. The maximum absolute atomic E-state index is 11.3. The number of nitrogens with zero attached hydrogens (tertiary/aromatic N) is 4. The molecule has 0 aromatic carbocycles. The summed E-state index contributed by atoms with van der Waals surface area (Å²) in [6.45, 7) is 16.5. The lowest BCUT2D eigenvalue weighted by Crippen LogP contribution is -2.26. The summed E-state index contributed by atoms with van der Waals surface area (Å²) >= 11 is 5.34. The normalized spacial score (nSPS) is 13.8. The lowest BCUT2D eigenvalue weighted by Gasteiger charge is -2.27. The van der Waals surface area contributed by atoms with Gasteiger partial charge in [0.15, 0.2) is 5.65 Å². The van der Waals surface area contributed by atoms with Crippen molar-refractivity contribution in [1.82, 2.24) is 19.2 Å². The monoisotopic (exact) mass is 504 g/mol. The van der Waals surface area contributed by atoms with Crippen molar-refractivity contribution in [2.45, 2.75) is 73.3 Å². The molecule has 0 aliphatic carbocycles. The van der Waals surface area contributed by atoms with E-state index in [1.165, 1.54) is 16.5 Å². The largest absolute Gasteiger partial charge is 0.351 e. The van der Waals surface area contributed by atoms with Gasteiger partial charge in [-0.1, -0.05) is 13.8 Å². The molecule has 0 spiro atoms. The van der Waals surface area contributed by atoms with Crippen LogP contribution in [0.25, 0.3) is 27.1 Å². The zero-order valence-electron chi connectivity index (χ0n) is 19.2. The Balaban J connectivity index is 2.15. The highest BCUT2D eigenvalue weighted by Crippen LogP contribution is 2.48. The number of halogens is 1. The minimum Gasteiger partial charge on any atom is -0.351 e. The lowest BCUT2D eigenvalue weighted by atomic mass is 9.93. The number of hydrogen-bond donors (Lipinski definition) is 1. The molecule has 4 rings (SSSR count). The highest BCUT2D eigenvalue weighted by molar-refractivity contribution is 9.11. The second-order valence-electron chi connectivity index (χ2n) is 9.35. The van der Waals surface area contributed by atoms with E-state index in [1.54, 1.807) is 17.7 Å². The number of aromatic nitrogens is 4. The Morgan fingerprint density at radius 3 is 2.42 bits per heavy atom. The predicted molar refractivity (Wildman–Crippen MR) is 130 cm³/mol. The summed E-state index contributed by atoms with van der Waals surface area (Å²) in [5, 5.41) is 16.9. The third-order valence-corrected chi connectivity index (χ3v) is 7.85. The summed E-state index contributed by atoms with van der Waals surface area (Å²) in [5.41, 5.74) is 6.92. The molecule has 0 aliphatic heterocycles. The zero-order valence-corrected chi connectivity index (χ0v) is 21.6. The van der Waals surface area contributed by atoms with Crippen LogP contribution in [-0.4, -0.2) is 29.9 Å². The van der Waals surface area contributed by atoms with Crippen LogP contribution in [0, 0.1) is 20.8 Å². The van der Waals surface area contributed by atoms with Gasteiger partial charge >= 0.3 is 0 Å². The third kappa shape index (κ3) is 3.63. The second-order valence-corrected chi connectivity index (χ2v) is 11.7. The number of ether oxygens (including phenoxy) is 1. The number of pyridine rings is 1. The molecular weight excluding hydrogens is 476 g/mol.